The van der Waals surface area contributed by atoms with Gasteiger partial charge >= 0.3 is 0 Å². The largest absolute Gasteiger partial charge is 0.384 e. The molecule has 0 fully saturated rings. The van der Waals surface area contributed by atoms with E-state index in [1.807, 2.05) is 18.2 Å². The van der Waals surface area contributed by atoms with Crippen LogP contribution in [0.15, 0.2) is 42.5 Å². The average molecular weight is 304 g/mol. The van der Waals surface area contributed by atoms with E-state index in [0.717, 1.165) is 6.42 Å². The molecule has 2 rings (SSSR count). The molecule has 5 heteroatoms. The maximum absolute atomic E-state index is 12.0. The Hall–Kier alpha value is -2.07. The molecule has 3 N–H and O–H groups in total. The van der Waals surface area contributed by atoms with E-state index in [2.05, 4.69) is 29.4 Å². The van der Waals surface area contributed by atoms with Crippen molar-refractivity contribution in [3.05, 3.63) is 58.7 Å². The van der Waals surface area contributed by atoms with E-state index in [1.54, 1.807) is 0 Å². The highest BCUT2D eigenvalue weighted by molar-refractivity contribution is 6.29. The fourth-order valence-electron chi connectivity index (χ4n) is 2.10. The van der Waals surface area contributed by atoms with Gasteiger partial charge < -0.3 is 11.1 Å². The summed E-state index contributed by atoms with van der Waals surface area (Å²) in [5, 5.41) is 3.09. The number of halogens is 1. The molecule has 1 aromatic heterocycles. The Balaban J connectivity index is 1.87. The number of benzene rings is 1. The fourth-order valence-corrected chi connectivity index (χ4v) is 2.32. The van der Waals surface area contributed by atoms with E-state index < -0.39 is 0 Å². The van der Waals surface area contributed by atoms with Crippen LogP contribution in [-0.2, 0) is 0 Å². The molecular weight excluding hydrogens is 286 g/mol. The first-order valence-corrected chi connectivity index (χ1v) is 7.20. The Bertz CT molecular complexity index is 596. The number of rotatable bonds is 5. The van der Waals surface area contributed by atoms with Gasteiger partial charge in [0.2, 0.25) is 0 Å². The minimum Gasteiger partial charge on any atom is -0.384 e. The second-order valence-corrected chi connectivity index (χ2v) is 5.35. The molecule has 0 spiro atoms. The van der Waals surface area contributed by atoms with E-state index in [9.17, 15) is 4.79 Å². The van der Waals surface area contributed by atoms with Crippen LogP contribution < -0.4 is 11.1 Å². The molecule has 0 bridgehead atoms. The van der Waals surface area contributed by atoms with Crippen LogP contribution in [0.4, 0.5) is 5.82 Å². The fraction of sp³-hybridized carbons (Fsp3) is 0.250. The Labute approximate surface area is 129 Å². The lowest BCUT2D eigenvalue weighted by molar-refractivity contribution is 0.0952. The summed E-state index contributed by atoms with van der Waals surface area (Å²) in [5.41, 5.74) is 7.27. The van der Waals surface area contributed by atoms with Crippen LogP contribution in [0.25, 0.3) is 0 Å². The second-order valence-electron chi connectivity index (χ2n) is 4.96. The molecule has 0 radical (unpaired) electrons. The molecule has 1 unspecified atom stereocenters. The van der Waals surface area contributed by atoms with Crippen LogP contribution in [0.2, 0.25) is 5.15 Å². The number of carbonyl (C=O) groups is 1. The number of hydrogen-bond donors (Lipinski definition) is 2. The molecule has 0 saturated carbocycles. The van der Waals surface area contributed by atoms with Crippen LogP contribution in [0.5, 0.6) is 0 Å². The molecule has 1 aromatic carbocycles. The number of anilines is 1. The van der Waals surface area contributed by atoms with Gasteiger partial charge in [0.25, 0.3) is 5.91 Å². The number of nitrogens with two attached hydrogens (primary N) is 1. The number of nitrogens with one attached hydrogen (secondary N) is 1. The van der Waals surface area contributed by atoms with E-state index >= 15 is 0 Å². The number of aromatic nitrogens is 1. The lowest BCUT2D eigenvalue weighted by atomic mass is 9.98. The van der Waals surface area contributed by atoms with Crippen LogP contribution in [0.1, 0.15) is 35.2 Å². The Morgan fingerprint density at radius 1 is 1.33 bits per heavy atom. The van der Waals surface area contributed by atoms with Gasteiger partial charge in [-0.25, -0.2) is 4.98 Å². The predicted octanol–water partition coefficient (Wildman–Crippen LogP) is 3.24. The summed E-state index contributed by atoms with van der Waals surface area (Å²) >= 11 is 5.79. The summed E-state index contributed by atoms with van der Waals surface area (Å²) in [7, 11) is 0. The van der Waals surface area contributed by atoms with Gasteiger partial charge in [-0.15, -0.1) is 0 Å². The van der Waals surface area contributed by atoms with E-state index in [4.69, 9.17) is 17.3 Å². The standard InChI is InChI=1S/C16H18ClN3O/c1-11(12-5-3-2-4-6-12)7-8-19-16(21)13-9-14(17)20-15(18)10-13/h2-6,9-11H,7-8H2,1H3,(H2,18,20)(H,19,21). The number of amides is 1. The van der Waals surface area contributed by atoms with Crippen LogP contribution >= 0.6 is 11.6 Å². The molecular formula is C16H18ClN3O. The van der Waals surface area contributed by atoms with E-state index in [1.165, 1.54) is 17.7 Å². The third kappa shape index (κ3) is 4.46. The van der Waals surface area contributed by atoms with Gasteiger partial charge in [-0.05, 0) is 30.0 Å². The van der Waals surface area contributed by atoms with Crippen molar-refractivity contribution in [2.75, 3.05) is 12.3 Å². The molecule has 1 atom stereocenters. The smallest absolute Gasteiger partial charge is 0.251 e. The molecule has 21 heavy (non-hydrogen) atoms. The summed E-state index contributed by atoms with van der Waals surface area (Å²) in [6, 6.07) is 13.2. The first-order valence-electron chi connectivity index (χ1n) is 6.82. The Morgan fingerprint density at radius 2 is 2.05 bits per heavy atom. The number of pyridine rings is 1. The summed E-state index contributed by atoms with van der Waals surface area (Å²) in [6.07, 6.45) is 0.865. The second kappa shape index (κ2) is 7.09. The summed E-state index contributed by atoms with van der Waals surface area (Å²) < 4.78 is 0. The van der Waals surface area contributed by atoms with Gasteiger partial charge in [0.15, 0.2) is 0 Å². The zero-order valence-electron chi connectivity index (χ0n) is 11.8. The molecule has 110 valence electrons. The third-order valence-corrected chi connectivity index (χ3v) is 3.50. The first-order chi connectivity index (χ1) is 10.1. The topological polar surface area (TPSA) is 68.0 Å². The van der Waals surface area contributed by atoms with Gasteiger partial charge in [0.05, 0.1) is 0 Å². The van der Waals surface area contributed by atoms with Gasteiger partial charge in [0, 0.05) is 12.1 Å². The van der Waals surface area contributed by atoms with Crippen LogP contribution in [0.3, 0.4) is 0 Å². The lowest BCUT2D eigenvalue weighted by Crippen LogP contribution is -2.25. The summed E-state index contributed by atoms with van der Waals surface area (Å²) in [4.78, 5) is 15.8. The maximum Gasteiger partial charge on any atom is 0.251 e. The van der Waals surface area contributed by atoms with Crippen molar-refractivity contribution in [2.24, 2.45) is 0 Å². The van der Waals surface area contributed by atoms with Crippen molar-refractivity contribution in [2.45, 2.75) is 19.3 Å². The Morgan fingerprint density at radius 3 is 2.71 bits per heavy atom. The summed E-state index contributed by atoms with van der Waals surface area (Å²) in [6.45, 7) is 2.73. The van der Waals surface area contributed by atoms with Crippen molar-refractivity contribution in [3.8, 4) is 0 Å². The lowest BCUT2D eigenvalue weighted by Gasteiger charge is -2.12. The molecule has 0 aliphatic rings. The number of nitrogen functional groups attached to an aromatic ring is 1. The third-order valence-electron chi connectivity index (χ3n) is 3.31. The molecule has 0 saturated heterocycles. The monoisotopic (exact) mass is 303 g/mol. The highest BCUT2D eigenvalue weighted by Crippen LogP contribution is 2.17. The van der Waals surface area contributed by atoms with Gasteiger partial charge in [-0.3, -0.25) is 4.79 Å². The summed E-state index contributed by atoms with van der Waals surface area (Å²) in [5.74, 6) is 0.439. The van der Waals surface area contributed by atoms with Gasteiger partial charge in [-0.2, -0.15) is 0 Å². The van der Waals surface area contributed by atoms with Crippen molar-refractivity contribution < 1.29 is 4.79 Å². The normalized spacial score (nSPS) is 11.9. The van der Waals surface area contributed by atoms with Crippen LogP contribution in [-0.4, -0.2) is 17.4 Å². The van der Waals surface area contributed by atoms with Crippen molar-refractivity contribution in [1.29, 1.82) is 0 Å². The SMILES string of the molecule is CC(CCNC(=O)c1cc(N)nc(Cl)c1)c1ccccc1. The average Bonchev–Trinajstić information content (AvgIpc) is 2.47. The number of nitrogens with zero attached hydrogens (tertiary/aromatic N) is 1. The first kappa shape index (κ1) is 15.3. The quantitative estimate of drug-likeness (QED) is 0.833. The van der Waals surface area contributed by atoms with Gasteiger partial charge in [-0.1, -0.05) is 48.9 Å². The number of carbonyl (C=O) groups excluding carboxylic acids is 1. The van der Waals surface area contributed by atoms with E-state index in [0.29, 0.717) is 18.0 Å². The van der Waals surface area contributed by atoms with Gasteiger partial charge in [0.1, 0.15) is 11.0 Å². The highest BCUT2D eigenvalue weighted by Gasteiger charge is 2.09. The Kier molecular flexibility index (Phi) is 5.17. The highest BCUT2D eigenvalue weighted by atomic mass is 35.5. The molecule has 1 amide bonds. The van der Waals surface area contributed by atoms with Crippen molar-refractivity contribution >= 4 is 23.3 Å². The predicted molar refractivity (Wildman–Crippen MR) is 85.5 cm³/mol. The molecule has 2 aromatic rings. The maximum atomic E-state index is 12.0. The minimum absolute atomic E-state index is 0.189. The molecule has 0 aliphatic carbocycles. The minimum atomic E-state index is -0.189. The number of hydrogen-bond acceptors (Lipinski definition) is 3. The zero-order valence-corrected chi connectivity index (χ0v) is 12.6. The molecule has 1 heterocycles. The van der Waals surface area contributed by atoms with Crippen LogP contribution in [0, 0.1) is 0 Å². The van der Waals surface area contributed by atoms with Crippen molar-refractivity contribution in [1.82, 2.24) is 10.3 Å². The molecule has 0 aliphatic heterocycles. The van der Waals surface area contributed by atoms with E-state index in [-0.39, 0.29) is 16.9 Å². The molecule has 4 nitrogen and oxygen atoms in total. The van der Waals surface area contributed by atoms with Crippen molar-refractivity contribution in [3.63, 3.8) is 0 Å². The zero-order chi connectivity index (χ0) is 15.2.